The Hall–Kier alpha value is -2.12. The fourth-order valence-corrected chi connectivity index (χ4v) is 3.63. The van der Waals surface area contributed by atoms with Crippen molar-refractivity contribution in [2.75, 3.05) is 13.1 Å². The number of nitrogens with two attached hydrogens (primary N) is 1. The third kappa shape index (κ3) is 3.68. The third-order valence-corrected chi connectivity index (χ3v) is 5.40. The zero-order valence-electron chi connectivity index (χ0n) is 15.0. The second-order valence-electron chi connectivity index (χ2n) is 7.10. The van der Waals surface area contributed by atoms with Crippen molar-refractivity contribution in [2.24, 2.45) is 11.7 Å². The van der Waals surface area contributed by atoms with Gasteiger partial charge in [-0.15, -0.1) is 12.4 Å². The Morgan fingerprint density at radius 3 is 2.31 bits per heavy atom. The lowest BCUT2D eigenvalue weighted by molar-refractivity contribution is -0.135. The molecule has 2 saturated heterocycles. The van der Waals surface area contributed by atoms with Gasteiger partial charge < -0.3 is 16.0 Å². The number of nitrogens with zero attached hydrogens (tertiary/aromatic N) is 1. The minimum atomic E-state index is -0.898. The number of imide groups is 1. The van der Waals surface area contributed by atoms with Crippen LogP contribution >= 0.6 is 12.4 Å². The predicted molar refractivity (Wildman–Crippen MR) is 99.7 cm³/mol. The Labute approximate surface area is 159 Å². The second-order valence-corrected chi connectivity index (χ2v) is 7.10. The van der Waals surface area contributed by atoms with E-state index in [-0.39, 0.29) is 30.1 Å². The van der Waals surface area contributed by atoms with E-state index in [4.69, 9.17) is 5.73 Å². The fraction of sp³-hybridized carbons (Fsp3) is 0.500. The lowest BCUT2D eigenvalue weighted by Gasteiger charge is -2.39. The van der Waals surface area contributed by atoms with Crippen LogP contribution in [0.3, 0.4) is 0 Å². The molecule has 1 aromatic carbocycles. The van der Waals surface area contributed by atoms with E-state index in [1.165, 1.54) is 0 Å². The van der Waals surface area contributed by atoms with E-state index in [1.807, 2.05) is 31.2 Å². The van der Waals surface area contributed by atoms with E-state index in [0.717, 1.165) is 11.1 Å². The molecule has 4 amide bonds. The zero-order valence-corrected chi connectivity index (χ0v) is 15.8. The van der Waals surface area contributed by atoms with Gasteiger partial charge in [0, 0.05) is 13.1 Å². The summed E-state index contributed by atoms with van der Waals surface area (Å²) in [6.07, 6.45) is 1.30. The Morgan fingerprint density at radius 1 is 1.23 bits per heavy atom. The van der Waals surface area contributed by atoms with E-state index >= 15 is 0 Å². The summed E-state index contributed by atoms with van der Waals surface area (Å²) >= 11 is 0. The summed E-state index contributed by atoms with van der Waals surface area (Å²) < 4.78 is 0. The maximum absolute atomic E-state index is 12.7. The molecule has 0 bridgehead atoms. The average molecular weight is 381 g/mol. The molecule has 7 nitrogen and oxygen atoms in total. The van der Waals surface area contributed by atoms with Crippen molar-refractivity contribution in [3.63, 3.8) is 0 Å². The Morgan fingerprint density at radius 2 is 1.81 bits per heavy atom. The number of urea groups is 1. The monoisotopic (exact) mass is 380 g/mol. The van der Waals surface area contributed by atoms with Crippen molar-refractivity contribution in [1.82, 2.24) is 15.5 Å². The van der Waals surface area contributed by atoms with Gasteiger partial charge in [-0.3, -0.25) is 14.9 Å². The number of carbonyl (C=O) groups is 3. The Bertz CT molecular complexity index is 701. The molecule has 8 heteroatoms. The summed E-state index contributed by atoms with van der Waals surface area (Å²) in [7, 11) is 0. The summed E-state index contributed by atoms with van der Waals surface area (Å²) in [5.74, 6) is -0.399. The molecule has 0 spiro atoms. The first kappa shape index (κ1) is 20.2. The number of carbonyl (C=O) groups excluding carboxylic acids is 3. The summed E-state index contributed by atoms with van der Waals surface area (Å²) in [4.78, 5) is 37.9. The van der Waals surface area contributed by atoms with Crippen LogP contribution < -0.4 is 16.4 Å². The predicted octanol–water partition coefficient (Wildman–Crippen LogP) is 1.25. The topological polar surface area (TPSA) is 105 Å². The number of likely N-dealkylation sites (tertiary alicyclic amines) is 1. The SMILES string of the molecule is Cc1ccc(C(N)C(=O)N2CCC(C3(C)NC(=O)NC3=O)CC2)cc1.Cl. The normalized spacial score (nSPS) is 24.5. The number of aryl methyl sites for hydroxylation is 1. The van der Waals surface area contributed by atoms with Crippen molar-refractivity contribution in [3.05, 3.63) is 35.4 Å². The molecule has 0 radical (unpaired) electrons. The van der Waals surface area contributed by atoms with Crippen LogP contribution in [0.5, 0.6) is 0 Å². The van der Waals surface area contributed by atoms with Gasteiger partial charge in [0.15, 0.2) is 0 Å². The van der Waals surface area contributed by atoms with Gasteiger partial charge in [-0.25, -0.2) is 4.79 Å². The van der Waals surface area contributed by atoms with E-state index in [0.29, 0.717) is 25.9 Å². The first-order valence-corrected chi connectivity index (χ1v) is 8.56. The molecule has 2 heterocycles. The minimum Gasteiger partial charge on any atom is -0.341 e. The first-order valence-electron chi connectivity index (χ1n) is 8.56. The van der Waals surface area contributed by atoms with Crippen molar-refractivity contribution in [3.8, 4) is 0 Å². The molecule has 2 aliphatic heterocycles. The molecule has 26 heavy (non-hydrogen) atoms. The van der Waals surface area contributed by atoms with Gasteiger partial charge in [0.2, 0.25) is 5.91 Å². The summed E-state index contributed by atoms with van der Waals surface area (Å²) in [6, 6.07) is 6.51. The third-order valence-electron chi connectivity index (χ3n) is 5.40. The van der Waals surface area contributed by atoms with Crippen molar-refractivity contribution < 1.29 is 14.4 Å². The van der Waals surface area contributed by atoms with E-state index in [9.17, 15) is 14.4 Å². The van der Waals surface area contributed by atoms with Gasteiger partial charge in [-0.2, -0.15) is 0 Å². The molecule has 2 unspecified atom stereocenters. The van der Waals surface area contributed by atoms with Gasteiger partial charge in [-0.05, 0) is 38.2 Å². The number of nitrogens with one attached hydrogen (secondary N) is 2. The van der Waals surface area contributed by atoms with Crippen LogP contribution in [0.1, 0.15) is 36.9 Å². The summed E-state index contributed by atoms with van der Waals surface area (Å²) in [6.45, 7) is 4.79. The number of hydrogen-bond acceptors (Lipinski definition) is 4. The largest absolute Gasteiger partial charge is 0.341 e. The van der Waals surface area contributed by atoms with Crippen LogP contribution in [-0.4, -0.2) is 41.4 Å². The number of rotatable bonds is 3. The summed E-state index contributed by atoms with van der Waals surface area (Å²) in [5, 5.41) is 5.01. The van der Waals surface area contributed by atoms with E-state index in [1.54, 1.807) is 11.8 Å². The lowest BCUT2D eigenvalue weighted by atomic mass is 9.79. The van der Waals surface area contributed by atoms with Gasteiger partial charge in [0.1, 0.15) is 11.6 Å². The Balaban J connectivity index is 0.00000243. The van der Waals surface area contributed by atoms with Gasteiger partial charge in [-0.1, -0.05) is 29.8 Å². The highest BCUT2D eigenvalue weighted by Gasteiger charge is 2.48. The fourth-order valence-electron chi connectivity index (χ4n) is 3.63. The number of hydrogen-bond donors (Lipinski definition) is 3. The molecule has 142 valence electrons. The number of piperidine rings is 1. The van der Waals surface area contributed by atoms with E-state index < -0.39 is 17.6 Å². The molecule has 4 N–H and O–H groups in total. The molecular weight excluding hydrogens is 356 g/mol. The number of halogens is 1. The standard InChI is InChI=1S/C18H24N4O3.ClH/c1-11-3-5-12(6-4-11)14(19)15(23)22-9-7-13(8-10-22)18(2)16(24)20-17(25)21-18;/h3-6,13-14H,7-10,19H2,1-2H3,(H2,20,21,24,25);1H. The molecule has 0 saturated carbocycles. The van der Waals surface area contributed by atoms with Gasteiger partial charge >= 0.3 is 6.03 Å². The van der Waals surface area contributed by atoms with Gasteiger partial charge in [0.05, 0.1) is 0 Å². The van der Waals surface area contributed by atoms with Crippen LogP contribution in [-0.2, 0) is 9.59 Å². The maximum atomic E-state index is 12.7. The molecule has 2 fully saturated rings. The van der Waals surface area contributed by atoms with Crippen LogP contribution in [0.25, 0.3) is 0 Å². The van der Waals surface area contributed by atoms with Crippen LogP contribution in [0.15, 0.2) is 24.3 Å². The first-order chi connectivity index (χ1) is 11.8. The highest BCUT2D eigenvalue weighted by atomic mass is 35.5. The molecule has 2 atom stereocenters. The molecule has 3 rings (SSSR count). The molecule has 0 aliphatic carbocycles. The maximum Gasteiger partial charge on any atom is 0.322 e. The van der Waals surface area contributed by atoms with Crippen LogP contribution in [0, 0.1) is 12.8 Å². The van der Waals surface area contributed by atoms with Crippen molar-refractivity contribution in [2.45, 2.75) is 38.3 Å². The summed E-state index contributed by atoms with van der Waals surface area (Å²) in [5.41, 5.74) is 7.15. The Kier molecular flexibility index (Phi) is 5.93. The quantitative estimate of drug-likeness (QED) is 0.686. The minimum absolute atomic E-state index is 0. The van der Waals surface area contributed by atoms with Crippen LogP contribution in [0.4, 0.5) is 4.79 Å². The van der Waals surface area contributed by atoms with Gasteiger partial charge in [0.25, 0.3) is 5.91 Å². The van der Waals surface area contributed by atoms with E-state index in [2.05, 4.69) is 10.6 Å². The number of amides is 4. The smallest absolute Gasteiger partial charge is 0.322 e. The second kappa shape index (κ2) is 7.63. The highest BCUT2D eigenvalue weighted by molar-refractivity contribution is 6.07. The molecular formula is C18H25ClN4O3. The lowest BCUT2D eigenvalue weighted by Crippen LogP contribution is -2.55. The number of benzene rings is 1. The highest BCUT2D eigenvalue weighted by Crippen LogP contribution is 2.31. The molecule has 0 aromatic heterocycles. The van der Waals surface area contributed by atoms with Crippen molar-refractivity contribution >= 4 is 30.3 Å². The van der Waals surface area contributed by atoms with Crippen molar-refractivity contribution in [1.29, 1.82) is 0 Å². The molecule has 1 aromatic rings. The average Bonchev–Trinajstić information content (AvgIpc) is 2.87. The zero-order chi connectivity index (χ0) is 18.2. The molecule has 2 aliphatic rings. The van der Waals surface area contributed by atoms with Crippen LogP contribution in [0.2, 0.25) is 0 Å².